The molecule has 3 N–H and O–H groups in total. The third kappa shape index (κ3) is 3.65. The molecule has 0 saturated carbocycles. The zero-order valence-electron chi connectivity index (χ0n) is 10.8. The molecule has 1 aromatic carbocycles. The van der Waals surface area contributed by atoms with Crippen LogP contribution in [-0.2, 0) is 0 Å². The molecule has 0 unspecified atom stereocenters. The number of benzene rings is 1. The first-order valence-corrected chi connectivity index (χ1v) is 7.04. The molecule has 0 aliphatic heterocycles. The molecule has 0 aliphatic rings. The second-order valence-electron chi connectivity index (χ2n) is 4.91. The molecule has 0 spiro atoms. The van der Waals surface area contributed by atoms with Gasteiger partial charge in [0, 0.05) is 11.1 Å². The van der Waals surface area contributed by atoms with E-state index >= 15 is 0 Å². The molecule has 0 radical (unpaired) electrons. The Bertz CT molecular complexity index is 461. The van der Waals surface area contributed by atoms with E-state index in [1.54, 1.807) is 12.1 Å². The average molecular weight is 333 g/mol. The van der Waals surface area contributed by atoms with E-state index in [2.05, 4.69) is 28.2 Å². The van der Waals surface area contributed by atoms with Crippen molar-refractivity contribution in [1.29, 1.82) is 0 Å². The van der Waals surface area contributed by atoms with Gasteiger partial charge in [0.2, 0.25) is 0 Å². The lowest BCUT2D eigenvalue weighted by Crippen LogP contribution is -2.31. The molecule has 0 heterocycles. The summed E-state index contributed by atoms with van der Waals surface area (Å²) in [6, 6.07) is 3.39. The molecule has 2 nitrogen and oxygen atoms in total. The maximum Gasteiger partial charge on any atom is 0.161 e. The van der Waals surface area contributed by atoms with Crippen molar-refractivity contribution in [2.24, 2.45) is 5.73 Å². The molecule has 0 fully saturated rings. The third-order valence-electron chi connectivity index (χ3n) is 2.70. The van der Waals surface area contributed by atoms with E-state index in [1.807, 2.05) is 13.8 Å². The van der Waals surface area contributed by atoms with Crippen molar-refractivity contribution in [3.05, 3.63) is 28.0 Å². The van der Waals surface area contributed by atoms with Gasteiger partial charge in [-0.3, -0.25) is 0 Å². The number of nitrogens with two attached hydrogens (primary N) is 1. The second-order valence-corrected chi connectivity index (χ2v) is 6.14. The average Bonchev–Trinajstić information content (AvgIpc) is 2.24. The summed E-state index contributed by atoms with van der Waals surface area (Å²) in [7, 11) is 0. The quantitative estimate of drug-likeness (QED) is 0.793. The van der Waals surface area contributed by atoms with Crippen LogP contribution in [0.3, 0.4) is 0 Å². The van der Waals surface area contributed by atoms with Gasteiger partial charge >= 0.3 is 0 Å². The van der Waals surface area contributed by atoms with Crippen molar-refractivity contribution >= 4 is 38.8 Å². The van der Waals surface area contributed by atoms with Crippen LogP contribution in [0, 0.1) is 5.82 Å². The normalized spacial score (nSPS) is 11.4. The minimum Gasteiger partial charge on any atom is -0.389 e. The van der Waals surface area contributed by atoms with Crippen LogP contribution in [0.15, 0.2) is 16.6 Å². The highest BCUT2D eigenvalue weighted by Crippen LogP contribution is 2.29. The van der Waals surface area contributed by atoms with Gasteiger partial charge in [0.05, 0.1) is 10.2 Å². The van der Waals surface area contributed by atoms with Crippen molar-refractivity contribution in [3.8, 4) is 0 Å². The van der Waals surface area contributed by atoms with E-state index in [0.717, 1.165) is 12.8 Å². The summed E-state index contributed by atoms with van der Waals surface area (Å²) in [5.41, 5.74) is 6.34. The molecule has 0 aromatic heterocycles. The third-order valence-corrected chi connectivity index (χ3v) is 3.69. The minimum absolute atomic E-state index is 0.153. The van der Waals surface area contributed by atoms with E-state index in [0.29, 0.717) is 15.7 Å². The first-order chi connectivity index (χ1) is 8.28. The fourth-order valence-electron chi connectivity index (χ4n) is 1.89. The number of nitrogens with one attached hydrogen (secondary N) is 1. The molecular weight excluding hydrogens is 315 g/mol. The van der Waals surface area contributed by atoms with Crippen LogP contribution in [-0.4, -0.2) is 10.5 Å². The van der Waals surface area contributed by atoms with Crippen LogP contribution >= 0.6 is 28.1 Å². The zero-order valence-corrected chi connectivity index (χ0v) is 13.2. The summed E-state index contributed by atoms with van der Waals surface area (Å²) in [5.74, 6) is -0.357. The molecule has 0 atom stereocenters. The molecule has 1 aromatic rings. The molecule has 0 aliphatic carbocycles. The number of anilines is 1. The highest BCUT2D eigenvalue weighted by molar-refractivity contribution is 9.10. The van der Waals surface area contributed by atoms with E-state index in [-0.39, 0.29) is 16.3 Å². The van der Waals surface area contributed by atoms with Crippen molar-refractivity contribution in [1.82, 2.24) is 0 Å². The van der Waals surface area contributed by atoms with Crippen molar-refractivity contribution in [2.45, 2.75) is 39.2 Å². The summed E-state index contributed by atoms with van der Waals surface area (Å²) in [5, 5.41) is 3.21. The maximum absolute atomic E-state index is 14.2. The number of halogens is 2. The predicted octanol–water partition coefficient (Wildman–Crippen LogP) is 4.21. The highest BCUT2D eigenvalue weighted by atomic mass is 79.9. The van der Waals surface area contributed by atoms with Gasteiger partial charge in [0.25, 0.3) is 0 Å². The minimum atomic E-state index is -0.357. The SMILES string of the molecule is CCCC(C)(C)Nc1ccc(C(N)=S)c(Br)c1F. The van der Waals surface area contributed by atoms with Crippen LogP contribution in [0.2, 0.25) is 0 Å². The van der Waals surface area contributed by atoms with Gasteiger partial charge in [-0.15, -0.1) is 0 Å². The van der Waals surface area contributed by atoms with Gasteiger partial charge in [-0.2, -0.15) is 0 Å². The van der Waals surface area contributed by atoms with E-state index < -0.39 is 0 Å². The van der Waals surface area contributed by atoms with Crippen molar-refractivity contribution < 1.29 is 4.39 Å². The van der Waals surface area contributed by atoms with Crippen LogP contribution in [0.5, 0.6) is 0 Å². The number of thiocarbonyl (C=S) groups is 1. The first-order valence-electron chi connectivity index (χ1n) is 5.84. The van der Waals surface area contributed by atoms with Gasteiger partial charge < -0.3 is 11.1 Å². The Morgan fingerprint density at radius 1 is 1.50 bits per heavy atom. The van der Waals surface area contributed by atoms with Gasteiger partial charge in [-0.1, -0.05) is 25.6 Å². The Labute approximate surface area is 121 Å². The van der Waals surface area contributed by atoms with Gasteiger partial charge in [-0.25, -0.2) is 4.39 Å². The Kier molecular flexibility index (Phi) is 5.10. The van der Waals surface area contributed by atoms with Crippen LogP contribution in [0.1, 0.15) is 39.2 Å². The van der Waals surface area contributed by atoms with E-state index in [4.69, 9.17) is 18.0 Å². The Morgan fingerprint density at radius 3 is 2.61 bits per heavy atom. The van der Waals surface area contributed by atoms with E-state index in [1.165, 1.54) is 0 Å². The first kappa shape index (κ1) is 15.4. The van der Waals surface area contributed by atoms with Gasteiger partial charge in [0.1, 0.15) is 4.99 Å². The Balaban J connectivity index is 3.06. The summed E-state index contributed by atoms with van der Waals surface area (Å²) in [4.78, 5) is 0.181. The summed E-state index contributed by atoms with van der Waals surface area (Å²) < 4.78 is 14.5. The van der Waals surface area contributed by atoms with E-state index in [9.17, 15) is 4.39 Å². The molecule has 0 bridgehead atoms. The monoisotopic (exact) mass is 332 g/mol. The predicted molar refractivity (Wildman–Crippen MR) is 82.6 cm³/mol. The Hall–Kier alpha value is -0.680. The highest BCUT2D eigenvalue weighted by Gasteiger charge is 2.20. The van der Waals surface area contributed by atoms with Gasteiger partial charge in [0.15, 0.2) is 5.82 Å². The molecule has 18 heavy (non-hydrogen) atoms. The standard InChI is InChI=1S/C13H18BrFN2S/c1-4-7-13(2,3)17-9-6-5-8(12(16)18)10(14)11(9)15/h5-6,17H,4,7H2,1-3H3,(H2,16,18). The number of hydrogen-bond donors (Lipinski definition) is 2. The second kappa shape index (κ2) is 5.97. The molecule has 5 heteroatoms. The van der Waals surface area contributed by atoms with Crippen molar-refractivity contribution in [2.75, 3.05) is 5.32 Å². The number of hydrogen-bond acceptors (Lipinski definition) is 2. The molecule has 100 valence electrons. The van der Waals surface area contributed by atoms with Crippen LogP contribution in [0.25, 0.3) is 0 Å². The van der Waals surface area contributed by atoms with Crippen molar-refractivity contribution in [3.63, 3.8) is 0 Å². The lowest BCUT2D eigenvalue weighted by Gasteiger charge is -2.27. The maximum atomic E-state index is 14.2. The topological polar surface area (TPSA) is 38.0 Å². The lowest BCUT2D eigenvalue weighted by molar-refractivity contribution is 0.504. The lowest BCUT2D eigenvalue weighted by atomic mass is 9.98. The summed E-state index contributed by atoms with van der Waals surface area (Å²) in [6.07, 6.45) is 1.99. The van der Waals surface area contributed by atoms with Gasteiger partial charge in [-0.05, 0) is 48.3 Å². The molecule has 0 saturated heterocycles. The Morgan fingerprint density at radius 2 is 2.11 bits per heavy atom. The van der Waals surface area contributed by atoms with Crippen LogP contribution in [0.4, 0.5) is 10.1 Å². The van der Waals surface area contributed by atoms with Crippen LogP contribution < -0.4 is 11.1 Å². The smallest absolute Gasteiger partial charge is 0.161 e. The molecule has 1 rings (SSSR count). The summed E-state index contributed by atoms with van der Waals surface area (Å²) in [6.45, 7) is 6.20. The largest absolute Gasteiger partial charge is 0.389 e. The fourth-order valence-corrected chi connectivity index (χ4v) is 2.75. The number of rotatable bonds is 5. The summed E-state index contributed by atoms with van der Waals surface area (Å²) >= 11 is 8.06. The molecule has 0 amide bonds. The molecular formula is C13H18BrFN2S. The zero-order chi connectivity index (χ0) is 13.9. The fraction of sp³-hybridized carbons (Fsp3) is 0.462.